The van der Waals surface area contributed by atoms with E-state index in [2.05, 4.69) is 15.3 Å². The Hall–Kier alpha value is -2.47. The van der Waals surface area contributed by atoms with Gasteiger partial charge in [0, 0.05) is 36.2 Å². The zero-order valence-electron chi connectivity index (χ0n) is 18.4. The van der Waals surface area contributed by atoms with Crippen LogP contribution in [0.3, 0.4) is 0 Å². The van der Waals surface area contributed by atoms with Crippen LogP contribution in [0.2, 0.25) is 5.15 Å². The predicted octanol–water partition coefficient (Wildman–Crippen LogP) is 5.10. The van der Waals surface area contributed by atoms with E-state index in [0.717, 1.165) is 63.4 Å². The lowest BCUT2D eigenvalue weighted by atomic mass is 9.90. The summed E-state index contributed by atoms with van der Waals surface area (Å²) >= 11 is 5.95. The van der Waals surface area contributed by atoms with E-state index in [1.54, 1.807) is 29.4 Å². The van der Waals surface area contributed by atoms with Crippen molar-refractivity contribution in [2.75, 3.05) is 0 Å². The lowest BCUT2D eigenvalue weighted by Gasteiger charge is -2.40. The number of pyridine rings is 2. The van der Waals surface area contributed by atoms with E-state index in [1.807, 2.05) is 12.1 Å². The molecule has 2 fully saturated rings. The van der Waals surface area contributed by atoms with Crippen LogP contribution in [0, 0.1) is 0 Å². The number of amides is 2. The SMILES string of the molecule is O=C(NC1CCCCC1)[C@@H](c1cccnc1)N(C(=O)c1ccc(Cl)nc1)C1CCCCC1. The maximum Gasteiger partial charge on any atom is 0.256 e. The molecule has 2 aliphatic carbocycles. The Balaban J connectivity index is 1.70. The van der Waals surface area contributed by atoms with E-state index in [0.29, 0.717) is 10.7 Å². The molecule has 170 valence electrons. The molecule has 2 saturated carbocycles. The van der Waals surface area contributed by atoms with Gasteiger partial charge < -0.3 is 10.2 Å². The summed E-state index contributed by atoms with van der Waals surface area (Å²) in [5.41, 5.74) is 1.18. The highest BCUT2D eigenvalue weighted by molar-refractivity contribution is 6.29. The standard InChI is InChI=1S/C25H31ClN4O2/c26-22-14-13-19(17-28-22)25(32)30(21-11-5-2-6-12-21)23(18-8-7-15-27-16-18)24(31)29-20-9-3-1-4-10-20/h7-8,13-17,20-21,23H,1-6,9-12H2,(H,29,31)/t23-/m1/s1. The highest BCUT2D eigenvalue weighted by atomic mass is 35.5. The molecule has 0 spiro atoms. The molecule has 1 N–H and O–H groups in total. The average Bonchev–Trinajstić information content (AvgIpc) is 2.84. The monoisotopic (exact) mass is 454 g/mol. The summed E-state index contributed by atoms with van der Waals surface area (Å²) in [7, 11) is 0. The number of hydrogen-bond donors (Lipinski definition) is 1. The molecule has 0 saturated heterocycles. The van der Waals surface area contributed by atoms with Gasteiger partial charge in [0.05, 0.1) is 5.56 Å². The van der Waals surface area contributed by atoms with Gasteiger partial charge >= 0.3 is 0 Å². The third-order valence-corrected chi connectivity index (χ3v) is 6.88. The first kappa shape index (κ1) is 22.7. The van der Waals surface area contributed by atoms with Crippen molar-refractivity contribution in [3.8, 4) is 0 Å². The fraction of sp³-hybridized carbons (Fsp3) is 0.520. The number of hydrogen-bond acceptors (Lipinski definition) is 4. The Labute approximate surface area is 194 Å². The van der Waals surface area contributed by atoms with Gasteiger partial charge in [0.2, 0.25) is 5.91 Å². The number of halogens is 1. The van der Waals surface area contributed by atoms with E-state index in [9.17, 15) is 9.59 Å². The van der Waals surface area contributed by atoms with E-state index in [4.69, 9.17) is 11.6 Å². The van der Waals surface area contributed by atoms with Gasteiger partial charge in [-0.25, -0.2) is 4.98 Å². The quantitative estimate of drug-likeness (QED) is 0.616. The molecular weight excluding hydrogens is 424 g/mol. The summed E-state index contributed by atoms with van der Waals surface area (Å²) in [4.78, 5) is 37.7. The van der Waals surface area contributed by atoms with Crippen LogP contribution in [-0.2, 0) is 4.79 Å². The van der Waals surface area contributed by atoms with Crippen LogP contribution in [0.5, 0.6) is 0 Å². The molecule has 2 amide bonds. The number of carbonyl (C=O) groups is 2. The second-order valence-electron chi connectivity index (χ2n) is 8.91. The fourth-order valence-electron chi connectivity index (χ4n) is 5.01. The van der Waals surface area contributed by atoms with Crippen LogP contribution in [0.15, 0.2) is 42.9 Å². The van der Waals surface area contributed by atoms with Crippen molar-refractivity contribution in [2.45, 2.75) is 82.3 Å². The van der Waals surface area contributed by atoms with E-state index in [1.165, 1.54) is 12.6 Å². The predicted molar refractivity (Wildman–Crippen MR) is 124 cm³/mol. The normalized spacial score (nSPS) is 18.7. The Morgan fingerprint density at radius 1 is 0.969 bits per heavy atom. The largest absolute Gasteiger partial charge is 0.351 e. The number of nitrogens with zero attached hydrogens (tertiary/aromatic N) is 3. The highest BCUT2D eigenvalue weighted by Gasteiger charge is 2.38. The first-order valence-corrected chi connectivity index (χ1v) is 12.2. The van der Waals surface area contributed by atoms with Crippen LogP contribution in [0.4, 0.5) is 0 Å². The maximum atomic E-state index is 13.8. The lowest BCUT2D eigenvalue weighted by molar-refractivity contribution is -0.127. The summed E-state index contributed by atoms with van der Waals surface area (Å²) in [5, 5.41) is 3.59. The fourth-order valence-corrected chi connectivity index (χ4v) is 5.12. The van der Waals surface area contributed by atoms with Crippen LogP contribution in [0.1, 0.15) is 86.2 Å². The third kappa shape index (κ3) is 5.47. The third-order valence-electron chi connectivity index (χ3n) is 6.66. The van der Waals surface area contributed by atoms with Gasteiger partial charge in [0.25, 0.3) is 5.91 Å². The summed E-state index contributed by atoms with van der Waals surface area (Å²) < 4.78 is 0. The topological polar surface area (TPSA) is 75.2 Å². The van der Waals surface area contributed by atoms with Gasteiger partial charge in [-0.2, -0.15) is 0 Å². The minimum atomic E-state index is -0.725. The molecule has 0 radical (unpaired) electrons. The van der Waals surface area contributed by atoms with Gasteiger partial charge in [-0.3, -0.25) is 14.6 Å². The van der Waals surface area contributed by atoms with E-state index < -0.39 is 6.04 Å². The highest BCUT2D eigenvalue weighted by Crippen LogP contribution is 2.33. The Bertz CT molecular complexity index is 894. The molecule has 0 aliphatic heterocycles. The molecule has 0 aromatic carbocycles. The van der Waals surface area contributed by atoms with Gasteiger partial charge in [-0.15, -0.1) is 0 Å². The Morgan fingerprint density at radius 2 is 1.69 bits per heavy atom. The van der Waals surface area contributed by atoms with Crippen molar-refractivity contribution in [3.63, 3.8) is 0 Å². The summed E-state index contributed by atoms with van der Waals surface area (Å²) in [5.74, 6) is -0.306. The molecule has 2 aromatic heterocycles. The average molecular weight is 455 g/mol. The van der Waals surface area contributed by atoms with Crippen molar-refractivity contribution in [3.05, 3.63) is 59.1 Å². The molecule has 0 bridgehead atoms. The van der Waals surface area contributed by atoms with Gasteiger partial charge in [-0.1, -0.05) is 56.2 Å². The zero-order valence-corrected chi connectivity index (χ0v) is 19.1. The maximum absolute atomic E-state index is 13.8. The number of rotatable bonds is 6. The molecule has 6 nitrogen and oxygen atoms in total. The van der Waals surface area contributed by atoms with Gasteiger partial charge in [0.1, 0.15) is 11.2 Å². The van der Waals surface area contributed by atoms with E-state index >= 15 is 0 Å². The molecule has 0 unspecified atom stereocenters. The molecular formula is C25H31ClN4O2. The first-order chi connectivity index (χ1) is 15.6. The molecule has 7 heteroatoms. The minimum Gasteiger partial charge on any atom is -0.351 e. The summed E-state index contributed by atoms with van der Waals surface area (Å²) in [6.45, 7) is 0. The molecule has 2 aliphatic rings. The second-order valence-corrected chi connectivity index (χ2v) is 9.29. The van der Waals surface area contributed by atoms with E-state index in [-0.39, 0.29) is 23.9 Å². The molecule has 1 atom stereocenters. The van der Waals surface area contributed by atoms with Crippen LogP contribution in [-0.4, -0.2) is 38.8 Å². The second kappa shape index (κ2) is 10.9. The number of aromatic nitrogens is 2. The molecule has 2 aromatic rings. The van der Waals surface area contributed by atoms with Crippen molar-refractivity contribution in [1.82, 2.24) is 20.2 Å². The smallest absolute Gasteiger partial charge is 0.256 e. The van der Waals surface area contributed by atoms with Crippen LogP contribution in [0.25, 0.3) is 0 Å². The Morgan fingerprint density at radius 3 is 2.31 bits per heavy atom. The number of nitrogens with one attached hydrogen (secondary N) is 1. The Kier molecular flexibility index (Phi) is 7.74. The van der Waals surface area contributed by atoms with Gasteiger partial charge in [0.15, 0.2) is 0 Å². The first-order valence-electron chi connectivity index (χ1n) is 11.8. The zero-order chi connectivity index (χ0) is 22.3. The molecule has 32 heavy (non-hydrogen) atoms. The van der Waals surface area contributed by atoms with Crippen molar-refractivity contribution < 1.29 is 9.59 Å². The lowest BCUT2D eigenvalue weighted by Crippen LogP contribution is -2.51. The van der Waals surface area contributed by atoms with Crippen LogP contribution < -0.4 is 5.32 Å². The van der Waals surface area contributed by atoms with Crippen LogP contribution >= 0.6 is 11.6 Å². The summed E-state index contributed by atoms with van der Waals surface area (Å²) in [6.07, 6.45) is 15.4. The minimum absolute atomic E-state index is 0.00533. The number of carbonyl (C=O) groups excluding carboxylic acids is 2. The van der Waals surface area contributed by atoms with Crippen molar-refractivity contribution >= 4 is 23.4 Å². The van der Waals surface area contributed by atoms with Gasteiger partial charge in [-0.05, 0) is 43.9 Å². The van der Waals surface area contributed by atoms with Crippen molar-refractivity contribution in [2.24, 2.45) is 0 Å². The molecule has 4 rings (SSSR count). The van der Waals surface area contributed by atoms with Crippen molar-refractivity contribution in [1.29, 1.82) is 0 Å². The summed E-state index contributed by atoms with van der Waals surface area (Å²) in [6, 6.07) is 6.45. The molecule has 2 heterocycles.